The van der Waals surface area contributed by atoms with Crippen LogP contribution >= 0.6 is 23.4 Å². The van der Waals surface area contributed by atoms with Gasteiger partial charge in [0.2, 0.25) is 5.89 Å². The molecule has 0 saturated carbocycles. The summed E-state index contributed by atoms with van der Waals surface area (Å²) in [6.45, 7) is 1.88. The van der Waals surface area contributed by atoms with E-state index in [1.807, 2.05) is 54.0 Å². The van der Waals surface area contributed by atoms with Crippen molar-refractivity contribution in [3.05, 3.63) is 87.8 Å². The summed E-state index contributed by atoms with van der Waals surface area (Å²) in [6.07, 6.45) is 1.39. The molecule has 0 aliphatic carbocycles. The van der Waals surface area contributed by atoms with E-state index in [0.717, 1.165) is 22.7 Å². The zero-order valence-corrected chi connectivity index (χ0v) is 17.9. The molecular formula is C22H16ClN5O2S. The normalized spacial score (nSPS) is 11.3. The van der Waals surface area contributed by atoms with E-state index in [2.05, 4.69) is 19.9 Å². The highest BCUT2D eigenvalue weighted by molar-refractivity contribution is 7.98. The number of rotatable bonds is 5. The molecular weight excluding hydrogens is 434 g/mol. The summed E-state index contributed by atoms with van der Waals surface area (Å²) in [7, 11) is 0. The number of imidazole rings is 1. The Morgan fingerprint density at radius 2 is 1.87 bits per heavy atom. The summed E-state index contributed by atoms with van der Waals surface area (Å²) >= 11 is 7.44. The summed E-state index contributed by atoms with van der Waals surface area (Å²) in [5.41, 5.74) is 3.08. The molecule has 0 atom stereocenters. The van der Waals surface area contributed by atoms with Gasteiger partial charge in [0.25, 0.3) is 5.56 Å². The van der Waals surface area contributed by atoms with Crippen LogP contribution in [-0.4, -0.2) is 24.5 Å². The van der Waals surface area contributed by atoms with Crippen molar-refractivity contribution in [2.45, 2.75) is 17.8 Å². The lowest BCUT2D eigenvalue weighted by Crippen LogP contribution is -2.07. The third kappa shape index (κ3) is 3.75. The smallest absolute Gasteiger partial charge is 0.278 e. The van der Waals surface area contributed by atoms with Gasteiger partial charge >= 0.3 is 0 Å². The van der Waals surface area contributed by atoms with Gasteiger partial charge in [-0.1, -0.05) is 41.6 Å². The van der Waals surface area contributed by atoms with E-state index in [0.29, 0.717) is 33.0 Å². The number of hydrogen-bond acceptors (Lipinski definition) is 6. The maximum absolute atomic E-state index is 12.3. The SMILES string of the molecule is Cc1oc(-c2ccc(Cl)cc2)nc1CSc1nc2c(=O)[nH]cnc2n1-c1ccccc1. The molecule has 0 spiro atoms. The van der Waals surface area contributed by atoms with E-state index < -0.39 is 0 Å². The fourth-order valence-electron chi connectivity index (χ4n) is 3.20. The first-order chi connectivity index (χ1) is 15.1. The molecule has 0 fully saturated rings. The lowest BCUT2D eigenvalue weighted by molar-refractivity contribution is 0.540. The summed E-state index contributed by atoms with van der Waals surface area (Å²) in [4.78, 5) is 28.4. The van der Waals surface area contributed by atoms with Crippen LogP contribution in [-0.2, 0) is 5.75 Å². The van der Waals surface area contributed by atoms with Crippen LogP contribution in [0.1, 0.15) is 11.5 Å². The number of benzene rings is 2. The number of fused-ring (bicyclic) bond motifs is 1. The highest BCUT2D eigenvalue weighted by atomic mass is 35.5. The van der Waals surface area contributed by atoms with Crippen LogP contribution in [0.2, 0.25) is 5.02 Å². The molecule has 2 aromatic carbocycles. The third-order valence-electron chi connectivity index (χ3n) is 4.76. The van der Waals surface area contributed by atoms with Gasteiger partial charge < -0.3 is 9.40 Å². The van der Waals surface area contributed by atoms with Gasteiger partial charge in [-0.2, -0.15) is 0 Å². The van der Waals surface area contributed by atoms with Crippen molar-refractivity contribution in [3.63, 3.8) is 0 Å². The van der Waals surface area contributed by atoms with Crippen molar-refractivity contribution >= 4 is 34.5 Å². The minimum absolute atomic E-state index is 0.274. The lowest BCUT2D eigenvalue weighted by Gasteiger charge is -2.07. The van der Waals surface area contributed by atoms with Gasteiger partial charge in [-0.05, 0) is 43.3 Å². The average molecular weight is 450 g/mol. The van der Waals surface area contributed by atoms with E-state index >= 15 is 0 Å². The maximum Gasteiger partial charge on any atom is 0.278 e. The molecule has 3 heterocycles. The van der Waals surface area contributed by atoms with Crippen molar-refractivity contribution in [3.8, 4) is 17.1 Å². The predicted molar refractivity (Wildman–Crippen MR) is 121 cm³/mol. The average Bonchev–Trinajstić information content (AvgIpc) is 3.34. The standard InChI is InChI=1S/C22H16ClN5O2S/c1-13-17(26-21(30-13)14-7-9-15(23)10-8-14)11-31-22-27-18-19(24-12-25-20(18)29)28(22)16-5-3-2-4-6-16/h2-10,12H,11H2,1H3,(H,24,25,29). The first-order valence-corrected chi connectivity index (χ1v) is 10.8. The van der Waals surface area contributed by atoms with Gasteiger partial charge in [0, 0.05) is 22.0 Å². The molecule has 7 nitrogen and oxygen atoms in total. The molecule has 9 heteroatoms. The van der Waals surface area contributed by atoms with Gasteiger partial charge in [-0.15, -0.1) is 0 Å². The van der Waals surface area contributed by atoms with E-state index in [4.69, 9.17) is 16.0 Å². The molecule has 3 aromatic heterocycles. The number of hydrogen-bond donors (Lipinski definition) is 1. The Bertz CT molecular complexity index is 1420. The molecule has 31 heavy (non-hydrogen) atoms. The van der Waals surface area contributed by atoms with Gasteiger partial charge in [0.15, 0.2) is 16.3 Å². The topological polar surface area (TPSA) is 89.6 Å². The number of H-pyrrole nitrogens is 1. The fourth-order valence-corrected chi connectivity index (χ4v) is 4.34. The molecule has 1 N–H and O–H groups in total. The fraction of sp³-hybridized carbons (Fsp3) is 0.0909. The van der Waals surface area contributed by atoms with E-state index in [1.165, 1.54) is 18.1 Å². The molecule has 0 aliphatic heterocycles. The molecule has 5 aromatic rings. The summed E-state index contributed by atoms with van der Waals surface area (Å²) in [5, 5.41) is 1.31. The summed E-state index contributed by atoms with van der Waals surface area (Å²) < 4.78 is 7.74. The first kappa shape index (κ1) is 19.6. The quantitative estimate of drug-likeness (QED) is 0.379. The summed E-state index contributed by atoms with van der Waals surface area (Å²) in [5.74, 6) is 1.80. The van der Waals surface area contributed by atoms with E-state index in [-0.39, 0.29) is 5.56 Å². The Hall–Kier alpha value is -3.36. The minimum atomic E-state index is -0.274. The molecule has 5 rings (SSSR count). The van der Waals surface area contributed by atoms with Gasteiger partial charge in [-0.25, -0.2) is 15.0 Å². The number of nitrogens with one attached hydrogen (secondary N) is 1. The monoisotopic (exact) mass is 449 g/mol. The van der Waals surface area contributed by atoms with Crippen LogP contribution in [0, 0.1) is 6.92 Å². The Kier molecular flexibility index (Phi) is 5.09. The first-order valence-electron chi connectivity index (χ1n) is 9.47. The largest absolute Gasteiger partial charge is 0.441 e. The minimum Gasteiger partial charge on any atom is -0.441 e. The molecule has 154 valence electrons. The van der Waals surface area contributed by atoms with Crippen LogP contribution in [0.15, 0.2) is 75.3 Å². The second-order valence-corrected chi connectivity index (χ2v) is 8.17. The number of aryl methyl sites for hydroxylation is 1. The lowest BCUT2D eigenvalue weighted by atomic mass is 10.2. The third-order valence-corrected chi connectivity index (χ3v) is 5.96. The molecule has 0 bridgehead atoms. The van der Waals surface area contributed by atoms with Crippen LogP contribution < -0.4 is 5.56 Å². The molecule has 0 radical (unpaired) electrons. The zero-order chi connectivity index (χ0) is 21.4. The van der Waals surface area contributed by atoms with Crippen LogP contribution in [0.25, 0.3) is 28.3 Å². The van der Waals surface area contributed by atoms with E-state index in [9.17, 15) is 4.79 Å². The number of nitrogens with zero attached hydrogens (tertiary/aromatic N) is 4. The van der Waals surface area contributed by atoms with Crippen LogP contribution in [0.3, 0.4) is 0 Å². The molecule has 0 saturated heterocycles. The number of thioether (sulfide) groups is 1. The maximum atomic E-state index is 12.3. The molecule has 0 aliphatic rings. The summed E-state index contributed by atoms with van der Waals surface area (Å²) in [6, 6.07) is 17.1. The van der Waals surface area contributed by atoms with Crippen molar-refractivity contribution in [2.24, 2.45) is 0 Å². The number of halogens is 1. The Balaban J connectivity index is 1.50. The number of aromatic amines is 1. The van der Waals surface area contributed by atoms with Gasteiger partial charge in [0.1, 0.15) is 5.76 Å². The Morgan fingerprint density at radius 1 is 1.10 bits per heavy atom. The van der Waals surface area contributed by atoms with Crippen molar-refractivity contribution < 1.29 is 4.42 Å². The van der Waals surface area contributed by atoms with E-state index in [1.54, 1.807) is 12.1 Å². The molecule has 0 amide bonds. The van der Waals surface area contributed by atoms with Gasteiger partial charge in [-0.3, -0.25) is 9.36 Å². The zero-order valence-electron chi connectivity index (χ0n) is 16.4. The van der Waals surface area contributed by atoms with Crippen LogP contribution in [0.5, 0.6) is 0 Å². The van der Waals surface area contributed by atoms with Crippen molar-refractivity contribution in [1.82, 2.24) is 24.5 Å². The second-order valence-electron chi connectivity index (χ2n) is 6.79. The Labute approximate surface area is 186 Å². The second kappa shape index (κ2) is 8.05. The predicted octanol–water partition coefficient (Wildman–Crippen LogP) is 5.02. The molecule has 0 unspecified atom stereocenters. The van der Waals surface area contributed by atoms with Gasteiger partial charge in [0.05, 0.1) is 12.0 Å². The van der Waals surface area contributed by atoms with Crippen LogP contribution in [0.4, 0.5) is 0 Å². The van der Waals surface area contributed by atoms with Crippen molar-refractivity contribution in [1.29, 1.82) is 0 Å². The number of aromatic nitrogens is 5. The van der Waals surface area contributed by atoms with Crippen molar-refractivity contribution in [2.75, 3.05) is 0 Å². The highest BCUT2D eigenvalue weighted by Crippen LogP contribution is 2.30. The Morgan fingerprint density at radius 3 is 2.65 bits per heavy atom. The number of oxazole rings is 1. The number of para-hydroxylation sites is 1. The highest BCUT2D eigenvalue weighted by Gasteiger charge is 2.18.